The van der Waals surface area contributed by atoms with Crippen LogP contribution in [0.3, 0.4) is 0 Å². The van der Waals surface area contributed by atoms with Crippen molar-refractivity contribution >= 4 is 22.7 Å². The molecule has 7 nitrogen and oxygen atoms in total. The highest BCUT2D eigenvalue weighted by Gasteiger charge is 2.13. The lowest BCUT2D eigenvalue weighted by atomic mass is 10.1. The molecule has 0 spiro atoms. The summed E-state index contributed by atoms with van der Waals surface area (Å²) in [4.78, 5) is 22.8. The Morgan fingerprint density at radius 2 is 2.00 bits per heavy atom. The van der Waals surface area contributed by atoms with Gasteiger partial charge in [0.1, 0.15) is 11.5 Å². The standard InChI is InChI=1S/C22H25N3O4/c1-3-21(27)24-9-8-15-13-25(19-7-5-16(29-2)11-18(15)19)12-14-4-6-17(22(23)28)20(26)10-14/h4-7,10-11,13,26H,3,8-9,12H2,1-2H3,(H2,23,28)(H,24,27). The van der Waals surface area contributed by atoms with Crippen molar-refractivity contribution in [1.82, 2.24) is 9.88 Å². The Morgan fingerprint density at radius 1 is 1.21 bits per heavy atom. The number of amides is 2. The molecule has 0 fully saturated rings. The number of methoxy groups -OCH3 is 1. The van der Waals surface area contributed by atoms with Gasteiger partial charge in [-0.2, -0.15) is 0 Å². The van der Waals surface area contributed by atoms with E-state index in [1.165, 1.54) is 6.07 Å². The number of nitrogens with one attached hydrogen (secondary N) is 1. The van der Waals surface area contributed by atoms with Crippen LogP contribution in [-0.4, -0.2) is 35.1 Å². The number of carbonyl (C=O) groups is 2. The Hall–Kier alpha value is -3.48. The van der Waals surface area contributed by atoms with Gasteiger partial charge in [-0.1, -0.05) is 13.0 Å². The first-order valence-corrected chi connectivity index (χ1v) is 9.47. The average molecular weight is 395 g/mol. The third-order valence-electron chi connectivity index (χ3n) is 4.89. The number of primary amides is 1. The Kier molecular flexibility index (Phi) is 6.07. The highest BCUT2D eigenvalue weighted by Crippen LogP contribution is 2.28. The second-order valence-corrected chi connectivity index (χ2v) is 6.83. The van der Waals surface area contributed by atoms with Crippen LogP contribution in [0.4, 0.5) is 0 Å². The molecule has 0 unspecified atom stereocenters. The van der Waals surface area contributed by atoms with Crippen LogP contribution in [0, 0.1) is 0 Å². The maximum atomic E-state index is 11.5. The largest absolute Gasteiger partial charge is 0.507 e. The molecule has 0 aliphatic heterocycles. The predicted octanol–water partition coefficient (Wildman–Crippen LogP) is 2.57. The number of fused-ring (bicyclic) bond motifs is 1. The van der Waals surface area contributed by atoms with Gasteiger partial charge in [-0.15, -0.1) is 0 Å². The fourth-order valence-electron chi connectivity index (χ4n) is 3.35. The highest BCUT2D eigenvalue weighted by molar-refractivity contribution is 5.95. The summed E-state index contributed by atoms with van der Waals surface area (Å²) in [5, 5.41) is 14.0. The molecule has 0 aliphatic carbocycles. The predicted molar refractivity (Wildman–Crippen MR) is 111 cm³/mol. The van der Waals surface area contributed by atoms with Gasteiger partial charge in [0.15, 0.2) is 0 Å². The molecule has 2 aromatic carbocycles. The van der Waals surface area contributed by atoms with Crippen molar-refractivity contribution in [2.24, 2.45) is 5.73 Å². The average Bonchev–Trinajstić information content (AvgIpc) is 3.04. The zero-order valence-corrected chi connectivity index (χ0v) is 16.6. The van der Waals surface area contributed by atoms with Crippen molar-refractivity contribution < 1.29 is 19.4 Å². The number of aromatic hydroxyl groups is 1. The number of benzene rings is 2. The Balaban J connectivity index is 1.92. The summed E-state index contributed by atoms with van der Waals surface area (Å²) in [7, 11) is 1.63. The molecule has 29 heavy (non-hydrogen) atoms. The third kappa shape index (κ3) is 4.51. The molecule has 152 valence electrons. The summed E-state index contributed by atoms with van der Waals surface area (Å²) in [6.07, 6.45) is 3.19. The lowest BCUT2D eigenvalue weighted by molar-refractivity contribution is -0.120. The molecular weight excluding hydrogens is 370 g/mol. The molecule has 3 rings (SSSR count). The number of hydrogen-bond acceptors (Lipinski definition) is 4. The summed E-state index contributed by atoms with van der Waals surface area (Å²) in [5.74, 6) is -0.00603. The van der Waals surface area contributed by atoms with Gasteiger partial charge in [-0.25, -0.2) is 0 Å². The third-order valence-corrected chi connectivity index (χ3v) is 4.89. The first kappa shape index (κ1) is 20.3. The van der Waals surface area contributed by atoms with Crippen LogP contribution in [0.1, 0.15) is 34.8 Å². The number of nitrogens with two attached hydrogens (primary N) is 1. The molecule has 0 bridgehead atoms. The van der Waals surface area contributed by atoms with Gasteiger partial charge < -0.3 is 25.5 Å². The summed E-state index contributed by atoms with van der Waals surface area (Å²) < 4.78 is 7.43. The van der Waals surface area contributed by atoms with E-state index in [1.807, 2.05) is 31.3 Å². The van der Waals surface area contributed by atoms with Crippen LogP contribution in [0.15, 0.2) is 42.6 Å². The molecule has 0 saturated heterocycles. The lowest BCUT2D eigenvalue weighted by Crippen LogP contribution is -2.24. The minimum atomic E-state index is -0.663. The van der Waals surface area contributed by atoms with E-state index in [-0.39, 0.29) is 17.2 Å². The topological polar surface area (TPSA) is 107 Å². The molecular formula is C22H25N3O4. The molecule has 1 heterocycles. The van der Waals surface area contributed by atoms with E-state index in [4.69, 9.17) is 10.5 Å². The number of ether oxygens (including phenoxy) is 1. The highest BCUT2D eigenvalue weighted by atomic mass is 16.5. The fourth-order valence-corrected chi connectivity index (χ4v) is 3.35. The summed E-state index contributed by atoms with van der Waals surface area (Å²) in [6, 6.07) is 10.7. The van der Waals surface area contributed by atoms with E-state index in [0.29, 0.717) is 25.9 Å². The summed E-state index contributed by atoms with van der Waals surface area (Å²) in [5.41, 5.74) is 8.30. The van der Waals surface area contributed by atoms with Crippen LogP contribution in [-0.2, 0) is 17.8 Å². The normalized spacial score (nSPS) is 10.8. The van der Waals surface area contributed by atoms with Gasteiger partial charge in [0.25, 0.3) is 5.91 Å². The van der Waals surface area contributed by atoms with Crippen LogP contribution in [0.25, 0.3) is 10.9 Å². The number of hydrogen-bond donors (Lipinski definition) is 3. The first-order valence-electron chi connectivity index (χ1n) is 9.47. The number of rotatable bonds is 8. The fraction of sp³-hybridized carbons (Fsp3) is 0.273. The minimum absolute atomic E-state index is 0.0244. The van der Waals surface area contributed by atoms with Gasteiger partial charge >= 0.3 is 0 Å². The Morgan fingerprint density at radius 3 is 2.66 bits per heavy atom. The van der Waals surface area contributed by atoms with Crippen LogP contribution in [0.5, 0.6) is 11.5 Å². The van der Waals surface area contributed by atoms with E-state index in [0.717, 1.165) is 27.8 Å². The lowest BCUT2D eigenvalue weighted by Gasteiger charge is -2.08. The maximum Gasteiger partial charge on any atom is 0.252 e. The molecule has 1 aromatic heterocycles. The molecule has 2 amide bonds. The monoisotopic (exact) mass is 395 g/mol. The zero-order chi connectivity index (χ0) is 21.0. The van der Waals surface area contributed by atoms with Gasteiger partial charge in [-0.3, -0.25) is 9.59 Å². The van der Waals surface area contributed by atoms with Gasteiger partial charge in [-0.05, 0) is 47.9 Å². The number of carbonyl (C=O) groups excluding carboxylic acids is 2. The van der Waals surface area contributed by atoms with Crippen molar-refractivity contribution in [3.8, 4) is 11.5 Å². The summed E-state index contributed by atoms with van der Waals surface area (Å²) in [6.45, 7) is 2.89. The Labute approximate surface area is 169 Å². The molecule has 0 saturated carbocycles. The molecule has 0 aliphatic rings. The van der Waals surface area contributed by atoms with Gasteiger partial charge in [0, 0.05) is 36.6 Å². The van der Waals surface area contributed by atoms with Crippen molar-refractivity contribution in [2.75, 3.05) is 13.7 Å². The zero-order valence-electron chi connectivity index (χ0n) is 16.6. The van der Waals surface area contributed by atoms with Gasteiger partial charge in [0.2, 0.25) is 5.91 Å². The molecule has 0 atom stereocenters. The van der Waals surface area contributed by atoms with Crippen LogP contribution >= 0.6 is 0 Å². The summed E-state index contributed by atoms with van der Waals surface area (Å²) >= 11 is 0. The molecule has 0 radical (unpaired) electrons. The quantitative estimate of drug-likeness (QED) is 0.545. The second kappa shape index (κ2) is 8.68. The van der Waals surface area contributed by atoms with E-state index < -0.39 is 5.91 Å². The molecule has 4 N–H and O–H groups in total. The molecule has 3 aromatic rings. The SMILES string of the molecule is CCC(=O)NCCc1cn(Cc2ccc(C(N)=O)c(O)c2)c2ccc(OC)cc12. The van der Waals surface area contributed by atoms with Crippen LogP contribution in [0.2, 0.25) is 0 Å². The van der Waals surface area contributed by atoms with Crippen molar-refractivity contribution in [2.45, 2.75) is 26.3 Å². The van der Waals surface area contributed by atoms with Gasteiger partial charge in [0.05, 0.1) is 12.7 Å². The maximum absolute atomic E-state index is 11.5. The number of aromatic nitrogens is 1. The van der Waals surface area contributed by atoms with Crippen LogP contribution < -0.4 is 15.8 Å². The van der Waals surface area contributed by atoms with Crippen molar-refractivity contribution in [1.29, 1.82) is 0 Å². The van der Waals surface area contributed by atoms with E-state index in [9.17, 15) is 14.7 Å². The van der Waals surface area contributed by atoms with E-state index in [1.54, 1.807) is 19.2 Å². The van der Waals surface area contributed by atoms with E-state index >= 15 is 0 Å². The number of phenols is 1. The van der Waals surface area contributed by atoms with E-state index in [2.05, 4.69) is 9.88 Å². The van der Waals surface area contributed by atoms with Crippen molar-refractivity contribution in [3.63, 3.8) is 0 Å². The first-order chi connectivity index (χ1) is 13.9. The van der Waals surface area contributed by atoms with Crippen molar-refractivity contribution in [3.05, 3.63) is 59.3 Å². The number of nitrogens with zero attached hydrogens (tertiary/aromatic N) is 1. The minimum Gasteiger partial charge on any atom is -0.507 e. The molecule has 7 heteroatoms. The Bertz CT molecular complexity index is 1060. The second-order valence-electron chi connectivity index (χ2n) is 6.83. The smallest absolute Gasteiger partial charge is 0.252 e.